The van der Waals surface area contributed by atoms with Crippen molar-refractivity contribution in [3.63, 3.8) is 0 Å². The van der Waals surface area contributed by atoms with E-state index in [1.807, 2.05) is 6.92 Å². The molecule has 0 saturated carbocycles. The van der Waals surface area contributed by atoms with Crippen LogP contribution in [0.25, 0.3) is 0 Å². The van der Waals surface area contributed by atoms with Gasteiger partial charge in [0.1, 0.15) is 5.75 Å². The molecule has 0 spiro atoms. The third kappa shape index (κ3) is 5.73. The lowest BCUT2D eigenvalue weighted by Crippen LogP contribution is -2.20. The smallest absolute Gasteiger partial charge is 0.338 e. The standard InChI is InChI=1S/C20H21NO5/c1-2-3-12-25-20(24)15-8-10-17(11-9-15)21-19(23)14-26-18-7-5-4-6-16(18)13-22/h4-11,13H,2-3,12,14H2,1H3,(H,21,23). The summed E-state index contributed by atoms with van der Waals surface area (Å²) in [6.45, 7) is 2.19. The molecule has 26 heavy (non-hydrogen) atoms. The largest absolute Gasteiger partial charge is 0.483 e. The number of rotatable bonds is 9. The van der Waals surface area contributed by atoms with Crippen molar-refractivity contribution in [1.82, 2.24) is 0 Å². The van der Waals surface area contributed by atoms with Gasteiger partial charge in [-0.05, 0) is 42.8 Å². The van der Waals surface area contributed by atoms with Crippen molar-refractivity contribution in [3.8, 4) is 5.75 Å². The van der Waals surface area contributed by atoms with Crippen molar-refractivity contribution in [2.45, 2.75) is 19.8 Å². The summed E-state index contributed by atoms with van der Waals surface area (Å²) in [6, 6.07) is 13.1. The van der Waals surface area contributed by atoms with Crippen LogP contribution in [0.15, 0.2) is 48.5 Å². The van der Waals surface area contributed by atoms with Crippen molar-refractivity contribution in [2.24, 2.45) is 0 Å². The molecule has 0 fully saturated rings. The summed E-state index contributed by atoms with van der Waals surface area (Å²) in [6.07, 6.45) is 2.45. The summed E-state index contributed by atoms with van der Waals surface area (Å²) in [5.41, 5.74) is 1.34. The van der Waals surface area contributed by atoms with E-state index in [-0.39, 0.29) is 18.5 Å². The van der Waals surface area contributed by atoms with Gasteiger partial charge in [-0.15, -0.1) is 0 Å². The van der Waals surface area contributed by atoms with Crippen LogP contribution in [-0.2, 0) is 9.53 Å². The number of benzene rings is 2. The Hall–Kier alpha value is -3.15. The van der Waals surface area contributed by atoms with Gasteiger partial charge >= 0.3 is 5.97 Å². The van der Waals surface area contributed by atoms with E-state index < -0.39 is 0 Å². The molecule has 0 radical (unpaired) electrons. The quantitative estimate of drug-likeness (QED) is 0.423. The molecular formula is C20H21NO5. The van der Waals surface area contributed by atoms with Gasteiger partial charge < -0.3 is 14.8 Å². The van der Waals surface area contributed by atoms with Crippen LogP contribution in [0.2, 0.25) is 0 Å². The number of hydrogen-bond acceptors (Lipinski definition) is 5. The molecule has 0 saturated heterocycles. The molecule has 0 bridgehead atoms. The van der Waals surface area contributed by atoms with Crippen molar-refractivity contribution in [1.29, 1.82) is 0 Å². The number of aldehydes is 1. The fourth-order valence-corrected chi connectivity index (χ4v) is 2.13. The number of carbonyl (C=O) groups excluding carboxylic acids is 3. The van der Waals surface area contributed by atoms with Gasteiger partial charge in [-0.25, -0.2) is 4.79 Å². The molecule has 6 heteroatoms. The SMILES string of the molecule is CCCCOC(=O)c1ccc(NC(=O)COc2ccccc2C=O)cc1. The van der Waals surface area contributed by atoms with Gasteiger partial charge in [0.25, 0.3) is 5.91 Å². The molecule has 0 aromatic heterocycles. The topological polar surface area (TPSA) is 81.7 Å². The van der Waals surface area contributed by atoms with Crippen LogP contribution >= 0.6 is 0 Å². The average Bonchev–Trinajstić information content (AvgIpc) is 2.67. The number of esters is 1. The van der Waals surface area contributed by atoms with Crippen molar-refractivity contribution in [2.75, 3.05) is 18.5 Å². The van der Waals surface area contributed by atoms with Gasteiger partial charge in [0.15, 0.2) is 12.9 Å². The first-order valence-corrected chi connectivity index (χ1v) is 8.38. The molecule has 0 aliphatic rings. The maximum atomic E-state index is 12.0. The second-order valence-corrected chi connectivity index (χ2v) is 5.56. The molecule has 6 nitrogen and oxygen atoms in total. The average molecular weight is 355 g/mol. The highest BCUT2D eigenvalue weighted by molar-refractivity contribution is 5.93. The summed E-state index contributed by atoms with van der Waals surface area (Å²) in [5, 5.41) is 2.66. The van der Waals surface area contributed by atoms with Crippen LogP contribution in [0, 0.1) is 0 Å². The summed E-state index contributed by atoms with van der Waals surface area (Å²) >= 11 is 0. The Morgan fingerprint density at radius 3 is 2.50 bits per heavy atom. The van der Waals surface area contributed by atoms with E-state index in [9.17, 15) is 14.4 Å². The predicted molar refractivity (Wildman–Crippen MR) is 97.6 cm³/mol. The van der Waals surface area contributed by atoms with Crippen molar-refractivity contribution in [3.05, 3.63) is 59.7 Å². The van der Waals surface area contributed by atoms with Crippen LogP contribution < -0.4 is 10.1 Å². The monoisotopic (exact) mass is 355 g/mol. The van der Waals surface area contributed by atoms with Gasteiger partial charge in [-0.2, -0.15) is 0 Å². The predicted octanol–water partition coefficient (Wildman–Crippen LogP) is 3.47. The Bertz CT molecular complexity index is 755. The van der Waals surface area contributed by atoms with Crippen LogP contribution in [0.1, 0.15) is 40.5 Å². The van der Waals surface area contributed by atoms with E-state index >= 15 is 0 Å². The zero-order chi connectivity index (χ0) is 18.8. The number of para-hydroxylation sites is 1. The minimum absolute atomic E-state index is 0.230. The Morgan fingerprint density at radius 2 is 1.81 bits per heavy atom. The minimum atomic E-state index is -0.384. The number of nitrogens with one attached hydrogen (secondary N) is 1. The first kappa shape index (κ1) is 19.2. The van der Waals surface area contributed by atoms with E-state index in [0.29, 0.717) is 35.5 Å². The van der Waals surface area contributed by atoms with E-state index in [0.717, 1.165) is 12.8 Å². The molecule has 2 aromatic rings. The lowest BCUT2D eigenvalue weighted by atomic mass is 10.2. The molecule has 0 atom stereocenters. The molecule has 0 aliphatic heterocycles. The Labute approximate surface area is 152 Å². The van der Waals surface area contributed by atoms with Gasteiger partial charge in [-0.1, -0.05) is 25.5 Å². The number of amides is 1. The number of unbranched alkanes of at least 4 members (excludes halogenated alkanes) is 1. The summed E-state index contributed by atoms with van der Waals surface area (Å²) in [4.78, 5) is 34.7. The second kappa shape index (κ2) is 9.98. The molecule has 1 N–H and O–H groups in total. The van der Waals surface area contributed by atoms with Crippen LogP contribution in [0.4, 0.5) is 5.69 Å². The lowest BCUT2D eigenvalue weighted by Gasteiger charge is -2.09. The molecule has 0 aliphatic carbocycles. The molecule has 1 amide bonds. The highest BCUT2D eigenvalue weighted by Gasteiger charge is 2.09. The van der Waals surface area contributed by atoms with Crippen LogP contribution in [-0.4, -0.2) is 31.4 Å². The molecule has 136 valence electrons. The number of ether oxygens (including phenoxy) is 2. The highest BCUT2D eigenvalue weighted by Crippen LogP contribution is 2.16. The summed E-state index contributed by atoms with van der Waals surface area (Å²) in [5.74, 6) is -0.406. The second-order valence-electron chi connectivity index (χ2n) is 5.56. The third-order valence-electron chi connectivity index (χ3n) is 3.54. The molecular weight excluding hydrogens is 334 g/mol. The van der Waals surface area contributed by atoms with Gasteiger partial charge in [-0.3, -0.25) is 9.59 Å². The minimum Gasteiger partial charge on any atom is -0.483 e. The molecule has 0 heterocycles. The summed E-state index contributed by atoms with van der Waals surface area (Å²) in [7, 11) is 0. The molecule has 0 unspecified atom stereocenters. The first-order valence-electron chi connectivity index (χ1n) is 8.38. The number of carbonyl (C=O) groups is 3. The number of hydrogen-bond donors (Lipinski definition) is 1. The van der Waals surface area contributed by atoms with Gasteiger partial charge in [0.05, 0.1) is 17.7 Å². The fraction of sp³-hybridized carbons (Fsp3) is 0.250. The van der Waals surface area contributed by atoms with E-state index in [4.69, 9.17) is 9.47 Å². The Kier molecular flexibility index (Phi) is 7.36. The zero-order valence-electron chi connectivity index (χ0n) is 14.6. The van der Waals surface area contributed by atoms with Crippen LogP contribution in [0.3, 0.4) is 0 Å². The fourth-order valence-electron chi connectivity index (χ4n) is 2.13. The van der Waals surface area contributed by atoms with Crippen molar-refractivity contribution < 1.29 is 23.9 Å². The maximum Gasteiger partial charge on any atom is 0.338 e. The zero-order valence-corrected chi connectivity index (χ0v) is 14.6. The van der Waals surface area contributed by atoms with E-state index in [1.165, 1.54) is 0 Å². The maximum absolute atomic E-state index is 12.0. The van der Waals surface area contributed by atoms with E-state index in [1.54, 1.807) is 48.5 Å². The van der Waals surface area contributed by atoms with Gasteiger partial charge in [0.2, 0.25) is 0 Å². The normalized spacial score (nSPS) is 10.0. The van der Waals surface area contributed by atoms with Crippen LogP contribution in [0.5, 0.6) is 5.75 Å². The van der Waals surface area contributed by atoms with E-state index in [2.05, 4.69) is 5.32 Å². The number of anilines is 1. The lowest BCUT2D eigenvalue weighted by molar-refractivity contribution is -0.118. The third-order valence-corrected chi connectivity index (χ3v) is 3.54. The Balaban J connectivity index is 1.85. The molecule has 2 rings (SSSR count). The Morgan fingerprint density at radius 1 is 1.08 bits per heavy atom. The highest BCUT2D eigenvalue weighted by atomic mass is 16.5. The first-order chi connectivity index (χ1) is 12.6. The molecule has 2 aromatic carbocycles. The van der Waals surface area contributed by atoms with Crippen molar-refractivity contribution >= 4 is 23.9 Å². The van der Waals surface area contributed by atoms with Gasteiger partial charge in [0, 0.05) is 5.69 Å². The summed E-state index contributed by atoms with van der Waals surface area (Å²) < 4.78 is 10.5.